The van der Waals surface area contributed by atoms with E-state index in [1.54, 1.807) is 0 Å². The number of nitrogens with zero attached hydrogens (tertiary/aromatic N) is 2. The monoisotopic (exact) mass is 270 g/mol. The molecule has 0 radical (unpaired) electrons. The first-order valence-corrected chi connectivity index (χ1v) is 8.04. The van der Waals surface area contributed by atoms with Crippen molar-refractivity contribution in [1.29, 1.82) is 0 Å². The number of thioether (sulfide) groups is 1. The van der Waals surface area contributed by atoms with Crippen molar-refractivity contribution in [3.63, 3.8) is 0 Å². The summed E-state index contributed by atoms with van der Waals surface area (Å²) in [7, 11) is 0. The Kier molecular flexibility index (Phi) is 6.39. The average Bonchev–Trinajstić information content (AvgIpc) is 2.61. The second-order valence-electron chi connectivity index (χ2n) is 4.87. The molecule has 5 heteroatoms. The normalized spacial score (nSPS) is 11.2. The van der Waals surface area contributed by atoms with E-state index in [-0.39, 0.29) is 0 Å². The molecule has 0 saturated heterocycles. The van der Waals surface area contributed by atoms with Gasteiger partial charge in [-0.05, 0) is 45.6 Å². The van der Waals surface area contributed by atoms with E-state index in [9.17, 15) is 0 Å². The van der Waals surface area contributed by atoms with Crippen LogP contribution in [0.5, 0.6) is 0 Å². The Labute approximate surface area is 115 Å². The summed E-state index contributed by atoms with van der Waals surface area (Å²) in [4.78, 5) is 0. The van der Waals surface area contributed by atoms with Gasteiger partial charge in [0.15, 0.2) is 0 Å². The maximum absolute atomic E-state index is 6.05. The van der Waals surface area contributed by atoms with Crippen LogP contribution in [0.25, 0.3) is 0 Å². The molecule has 3 N–H and O–H groups in total. The highest BCUT2D eigenvalue weighted by Gasteiger charge is 2.13. The zero-order valence-electron chi connectivity index (χ0n) is 12.0. The highest BCUT2D eigenvalue weighted by Crippen LogP contribution is 2.25. The van der Waals surface area contributed by atoms with Crippen LogP contribution in [0.3, 0.4) is 0 Å². The lowest BCUT2D eigenvalue weighted by Crippen LogP contribution is -2.12. The van der Waals surface area contributed by atoms with Gasteiger partial charge < -0.3 is 11.1 Å². The summed E-state index contributed by atoms with van der Waals surface area (Å²) in [5.74, 6) is 2.23. The lowest BCUT2D eigenvalue weighted by Gasteiger charge is -2.13. The molecule has 1 heterocycles. The Morgan fingerprint density at radius 3 is 2.67 bits per heavy atom. The van der Waals surface area contributed by atoms with Crippen LogP contribution in [0.1, 0.15) is 44.8 Å². The van der Waals surface area contributed by atoms with Gasteiger partial charge in [0.1, 0.15) is 5.82 Å². The highest BCUT2D eigenvalue weighted by molar-refractivity contribution is 7.98. The molecule has 0 atom stereocenters. The fraction of sp³-hybridized carbons (Fsp3) is 0.769. The van der Waals surface area contributed by atoms with E-state index in [4.69, 9.17) is 5.73 Å². The van der Waals surface area contributed by atoms with Gasteiger partial charge in [0.05, 0.1) is 11.4 Å². The molecule has 1 aromatic heterocycles. The molecule has 0 aliphatic heterocycles. The summed E-state index contributed by atoms with van der Waals surface area (Å²) in [6.45, 7) is 7.17. The average molecular weight is 270 g/mol. The molecule has 0 spiro atoms. The lowest BCUT2D eigenvalue weighted by atomic mass is 10.2. The molecule has 0 aromatic carbocycles. The van der Waals surface area contributed by atoms with Crippen LogP contribution in [0.4, 0.5) is 11.5 Å². The number of hydrogen-bond acceptors (Lipinski definition) is 4. The number of rotatable bonds is 8. The number of nitrogens with two attached hydrogens (primary N) is 1. The molecule has 0 unspecified atom stereocenters. The molecule has 0 amide bonds. The molecule has 1 aromatic rings. The first-order chi connectivity index (χ1) is 8.57. The second-order valence-corrected chi connectivity index (χ2v) is 5.85. The third kappa shape index (κ3) is 4.12. The first kappa shape index (κ1) is 15.2. The van der Waals surface area contributed by atoms with E-state index in [2.05, 4.69) is 30.5 Å². The van der Waals surface area contributed by atoms with Gasteiger partial charge in [0, 0.05) is 12.6 Å². The van der Waals surface area contributed by atoms with Gasteiger partial charge in [-0.25, -0.2) is 4.68 Å². The van der Waals surface area contributed by atoms with Crippen molar-refractivity contribution in [3.8, 4) is 0 Å². The Morgan fingerprint density at radius 2 is 2.06 bits per heavy atom. The van der Waals surface area contributed by atoms with Crippen LogP contribution in [0, 0.1) is 6.92 Å². The van der Waals surface area contributed by atoms with E-state index >= 15 is 0 Å². The number of hydrogen-bond donors (Lipinski definition) is 2. The summed E-state index contributed by atoms with van der Waals surface area (Å²) >= 11 is 1.91. The molecule has 104 valence electrons. The Morgan fingerprint density at radius 1 is 1.33 bits per heavy atom. The number of unbranched alkanes of at least 4 members (excludes halogenated alkanes) is 2. The van der Waals surface area contributed by atoms with Crippen molar-refractivity contribution in [2.24, 2.45) is 0 Å². The zero-order valence-corrected chi connectivity index (χ0v) is 12.8. The standard InChI is InChI=1S/C13H26N4S/c1-10(2)17-13(12(14)11(3)16-17)15-8-6-5-7-9-18-4/h10,15H,5-9,14H2,1-4H3. The van der Waals surface area contributed by atoms with Crippen molar-refractivity contribution in [1.82, 2.24) is 9.78 Å². The van der Waals surface area contributed by atoms with E-state index in [1.807, 2.05) is 23.4 Å². The van der Waals surface area contributed by atoms with E-state index in [1.165, 1.54) is 25.0 Å². The fourth-order valence-electron chi connectivity index (χ4n) is 1.87. The van der Waals surface area contributed by atoms with Crippen molar-refractivity contribution < 1.29 is 0 Å². The van der Waals surface area contributed by atoms with Crippen LogP contribution < -0.4 is 11.1 Å². The number of nitrogen functional groups attached to an aromatic ring is 1. The van der Waals surface area contributed by atoms with Gasteiger partial charge in [-0.1, -0.05) is 6.42 Å². The molecular formula is C13H26N4S. The van der Waals surface area contributed by atoms with Gasteiger partial charge in [-0.3, -0.25) is 0 Å². The molecule has 1 rings (SSSR count). The maximum Gasteiger partial charge on any atom is 0.148 e. The van der Waals surface area contributed by atoms with Gasteiger partial charge in [0.2, 0.25) is 0 Å². The number of nitrogens with one attached hydrogen (secondary N) is 1. The van der Waals surface area contributed by atoms with Crippen molar-refractivity contribution in [2.45, 2.75) is 46.1 Å². The summed E-state index contributed by atoms with van der Waals surface area (Å²) in [6, 6.07) is 0.333. The molecule has 0 bridgehead atoms. The van der Waals surface area contributed by atoms with Crippen LogP contribution in [-0.2, 0) is 0 Å². The summed E-state index contributed by atoms with van der Waals surface area (Å²) < 4.78 is 1.98. The van der Waals surface area contributed by atoms with Crippen LogP contribution in [0.15, 0.2) is 0 Å². The third-order valence-electron chi connectivity index (χ3n) is 2.94. The van der Waals surface area contributed by atoms with E-state index in [0.29, 0.717) is 6.04 Å². The van der Waals surface area contributed by atoms with E-state index in [0.717, 1.165) is 23.7 Å². The lowest BCUT2D eigenvalue weighted by molar-refractivity contribution is 0.533. The van der Waals surface area contributed by atoms with E-state index < -0.39 is 0 Å². The SMILES string of the molecule is CSCCCCCNc1c(N)c(C)nn1C(C)C. The summed E-state index contributed by atoms with van der Waals surface area (Å²) in [6.07, 6.45) is 5.90. The molecule has 18 heavy (non-hydrogen) atoms. The molecule has 4 nitrogen and oxygen atoms in total. The topological polar surface area (TPSA) is 55.9 Å². The van der Waals surface area contributed by atoms with Gasteiger partial charge in [-0.2, -0.15) is 16.9 Å². The summed E-state index contributed by atoms with van der Waals surface area (Å²) in [5, 5.41) is 7.89. The largest absolute Gasteiger partial charge is 0.394 e. The fourth-order valence-corrected chi connectivity index (χ4v) is 2.36. The zero-order chi connectivity index (χ0) is 13.5. The minimum absolute atomic E-state index is 0.333. The number of aromatic nitrogens is 2. The molecule has 0 fully saturated rings. The Balaban J connectivity index is 2.46. The van der Waals surface area contributed by atoms with Crippen molar-refractivity contribution in [3.05, 3.63) is 5.69 Å². The quantitative estimate of drug-likeness (QED) is 0.712. The van der Waals surface area contributed by atoms with Crippen LogP contribution in [0.2, 0.25) is 0 Å². The van der Waals surface area contributed by atoms with Crippen molar-refractivity contribution >= 4 is 23.3 Å². The molecule has 0 aliphatic carbocycles. The smallest absolute Gasteiger partial charge is 0.148 e. The van der Waals surface area contributed by atoms with Gasteiger partial charge in [0.25, 0.3) is 0 Å². The predicted octanol–water partition coefficient (Wildman–Crippen LogP) is 3.30. The molecule has 0 saturated carbocycles. The minimum Gasteiger partial charge on any atom is -0.394 e. The maximum atomic E-state index is 6.05. The van der Waals surface area contributed by atoms with Gasteiger partial charge >= 0.3 is 0 Å². The van der Waals surface area contributed by atoms with Crippen LogP contribution in [-0.4, -0.2) is 28.3 Å². The van der Waals surface area contributed by atoms with Gasteiger partial charge in [-0.15, -0.1) is 0 Å². The summed E-state index contributed by atoms with van der Waals surface area (Å²) in [5.41, 5.74) is 7.75. The Hall–Kier alpha value is -0.840. The minimum atomic E-state index is 0.333. The van der Waals surface area contributed by atoms with Crippen LogP contribution >= 0.6 is 11.8 Å². The predicted molar refractivity (Wildman–Crippen MR) is 82.5 cm³/mol. The Bertz CT molecular complexity index is 360. The molecule has 0 aliphatic rings. The number of aryl methyl sites for hydroxylation is 1. The highest BCUT2D eigenvalue weighted by atomic mass is 32.2. The second kappa shape index (κ2) is 7.56. The molecular weight excluding hydrogens is 244 g/mol. The van der Waals surface area contributed by atoms with Crippen molar-refractivity contribution in [2.75, 3.05) is 29.6 Å². The number of anilines is 2. The third-order valence-corrected chi connectivity index (χ3v) is 3.64. The first-order valence-electron chi connectivity index (χ1n) is 6.65.